The number of halogens is 1. The Morgan fingerprint density at radius 1 is 1.11 bits per heavy atom. The quantitative estimate of drug-likeness (QED) is 0.152. The smallest absolute Gasteiger partial charge is 0.283 e. The Labute approximate surface area is 237 Å². The lowest BCUT2D eigenvalue weighted by atomic mass is 10.1. The summed E-state index contributed by atoms with van der Waals surface area (Å²) in [5.74, 6) is 1.52. The average Bonchev–Trinajstić information content (AvgIpc) is 3.33. The van der Waals surface area contributed by atoms with E-state index in [1.165, 1.54) is 36.0 Å². The molecule has 1 amide bonds. The molecule has 38 heavy (non-hydrogen) atoms. The highest BCUT2D eigenvalue weighted by Gasteiger charge is 2.35. The van der Waals surface area contributed by atoms with Gasteiger partial charge < -0.3 is 9.47 Å². The minimum absolute atomic E-state index is 0.0343. The van der Waals surface area contributed by atoms with E-state index < -0.39 is 5.91 Å². The molecule has 4 rings (SSSR count). The summed E-state index contributed by atoms with van der Waals surface area (Å²) < 4.78 is 11.5. The number of fused-ring (bicyclic) bond motifs is 1. The zero-order valence-electron chi connectivity index (χ0n) is 21.5. The van der Waals surface area contributed by atoms with E-state index in [4.69, 9.17) is 26.5 Å². The van der Waals surface area contributed by atoms with Crippen LogP contribution in [0.2, 0.25) is 5.02 Å². The van der Waals surface area contributed by atoms with Crippen molar-refractivity contribution in [3.8, 4) is 11.5 Å². The fourth-order valence-electron chi connectivity index (χ4n) is 3.91. The highest BCUT2D eigenvalue weighted by molar-refractivity contribution is 8.26. The van der Waals surface area contributed by atoms with Crippen LogP contribution in [0.3, 0.4) is 0 Å². The SMILES string of the molecule is CCCCCCCC1=NN2C(=N)/C(=C\c3ccc(OCCSc4ccc(Cl)cc4)c(OC)c3)C(=O)N=C2S1. The zero-order valence-corrected chi connectivity index (χ0v) is 23.9. The van der Waals surface area contributed by atoms with Crippen molar-refractivity contribution in [2.24, 2.45) is 10.1 Å². The number of carbonyl (C=O) groups excluding carboxylic acids is 1. The molecular weight excluding hydrogens is 540 g/mol. The number of ether oxygens (including phenoxy) is 2. The van der Waals surface area contributed by atoms with Crippen LogP contribution in [0.1, 0.15) is 51.0 Å². The van der Waals surface area contributed by atoms with Crippen molar-refractivity contribution < 1.29 is 14.3 Å². The maximum absolute atomic E-state index is 12.8. The molecule has 0 saturated carbocycles. The molecule has 7 nitrogen and oxygen atoms in total. The van der Waals surface area contributed by atoms with E-state index in [0.29, 0.717) is 33.9 Å². The standard InChI is InChI=1S/C28H31ClN4O3S2/c1-3-4-5-6-7-8-25-32-33-26(30)22(27(34)31-28(33)38-25)17-19-9-14-23(24(18-19)35-2)36-15-16-37-21-12-10-20(29)11-13-21/h9-14,17-18,30H,3-8,15-16H2,1-2H3/b22-17+,30-26?. The molecule has 2 aromatic rings. The van der Waals surface area contributed by atoms with Gasteiger partial charge in [-0.15, -0.1) is 11.8 Å². The van der Waals surface area contributed by atoms with E-state index in [-0.39, 0.29) is 11.4 Å². The summed E-state index contributed by atoms with van der Waals surface area (Å²) >= 11 is 9.00. The number of amides is 1. The third kappa shape index (κ3) is 7.42. The van der Waals surface area contributed by atoms with E-state index in [1.54, 1.807) is 31.0 Å². The summed E-state index contributed by atoms with van der Waals surface area (Å²) in [7, 11) is 1.58. The number of aliphatic imine (C=N–C) groups is 1. The molecule has 0 atom stereocenters. The number of unbranched alkanes of at least 4 members (excludes halogenated alkanes) is 4. The Morgan fingerprint density at radius 2 is 1.89 bits per heavy atom. The number of hydrazone groups is 1. The number of thioether (sulfide) groups is 2. The number of carbonyl (C=O) groups is 1. The normalized spacial score (nSPS) is 16.0. The molecule has 0 aliphatic carbocycles. The monoisotopic (exact) mass is 570 g/mol. The van der Waals surface area contributed by atoms with Gasteiger partial charge in [-0.05, 0) is 72.6 Å². The van der Waals surface area contributed by atoms with Gasteiger partial charge in [-0.2, -0.15) is 15.1 Å². The Morgan fingerprint density at radius 3 is 2.66 bits per heavy atom. The second kappa shape index (κ2) is 13.9. The Kier molecular flexibility index (Phi) is 10.3. The van der Waals surface area contributed by atoms with E-state index >= 15 is 0 Å². The molecule has 0 spiro atoms. The largest absolute Gasteiger partial charge is 0.493 e. The van der Waals surface area contributed by atoms with Crippen molar-refractivity contribution >= 4 is 63.2 Å². The lowest BCUT2D eigenvalue weighted by molar-refractivity contribution is -0.114. The van der Waals surface area contributed by atoms with Crippen LogP contribution in [0, 0.1) is 5.41 Å². The number of hydrogen-bond donors (Lipinski definition) is 1. The summed E-state index contributed by atoms with van der Waals surface area (Å²) in [6.07, 6.45) is 8.36. The minimum atomic E-state index is -0.438. The molecule has 2 heterocycles. The maximum atomic E-state index is 12.8. The van der Waals surface area contributed by atoms with Crippen LogP contribution in [0.5, 0.6) is 11.5 Å². The fourth-order valence-corrected chi connectivity index (χ4v) is 5.70. The second-order valence-corrected chi connectivity index (χ2v) is 11.4. The molecule has 2 aliphatic rings. The molecule has 0 saturated heterocycles. The van der Waals surface area contributed by atoms with Crippen molar-refractivity contribution in [2.45, 2.75) is 50.3 Å². The molecule has 0 radical (unpaired) electrons. The number of nitrogens with one attached hydrogen (secondary N) is 1. The summed E-state index contributed by atoms with van der Waals surface area (Å²) in [6, 6.07) is 13.1. The maximum Gasteiger partial charge on any atom is 0.283 e. The predicted octanol–water partition coefficient (Wildman–Crippen LogP) is 7.50. The highest BCUT2D eigenvalue weighted by Crippen LogP contribution is 2.32. The predicted molar refractivity (Wildman–Crippen MR) is 159 cm³/mol. The number of nitrogens with zero attached hydrogens (tertiary/aromatic N) is 3. The van der Waals surface area contributed by atoms with Crippen molar-refractivity contribution in [3.63, 3.8) is 0 Å². The van der Waals surface area contributed by atoms with Crippen LogP contribution in [0.4, 0.5) is 0 Å². The topological polar surface area (TPSA) is 87.3 Å². The van der Waals surface area contributed by atoms with Gasteiger partial charge in [0.25, 0.3) is 5.91 Å². The van der Waals surface area contributed by atoms with E-state index in [9.17, 15) is 4.79 Å². The Balaban J connectivity index is 1.37. The molecule has 1 N–H and O–H groups in total. The average molecular weight is 571 g/mol. The molecule has 2 aliphatic heterocycles. The van der Waals surface area contributed by atoms with Gasteiger partial charge in [-0.1, -0.05) is 50.3 Å². The van der Waals surface area contributed by atoms with Gasteiger partial charge in [0.05, 0.1) is 19.3 Å². The van der Waals surface area contributed by atoms with Crippen LogP contribution >= 0.6 is 35.1 Å². The number of hydrogen-bond acceptors (Lipinski definition) is 7. The Hall–Kier alpha value is -2.75. The van der Waals surface area contributed by atoms with Gasteiger partial charge in [0.1, 0.15) is 5.04 Å². The molecule has 0 aromatic heterocycles. The van der Waals surface area contributed by atoms with Gasteiger partial charge in [0.15, 0.2) is 17.3 Å². The Bertz CT molecular complexity index is 1260. The van der Waals surface area contributed by atoms with E-state index in [2.05, 4.69) is 17.0 Å². The molecule has 0 bridgehead atoms. The first kappa shape index (κ1) is 28.3. The first-order valence-electron chi connectivity index (χ1n) is 12.7. The van der Waals surface area contributed by atoms with Crippen molar-refractivity contribution in [2.75, 3.05) is 19.5 Å². The summed E-state index contributed by atoms with van der Waals surface area (Å²) in [6.45, 7) is 2.69. The van der Waals surface area contributed by atoms with Crippen molar-refractivity contribution in [1.29, 1.82) is 5.41 Å². The lowest BCUT2D eigenvalue weighted by Gasteiger charge is -2.20. The van der Waals surface area contributed by atoms with Crippen molar-refractivity contribution in [1.82, 2.24) is 5.01 Å². The summed E-state index contributed by atoms with van der Waals surface area (Å²) in [5, 5.41) is 16.7. The molecule has 10 heteroatoms. The molecular formula is C28H31ClN4O3S2. The minimum Gasteiger partial charge on any atom is -0.493 e. The van der Waals surface area contributed by atoms with Crippen LogP contribution in [-0.2, 0) is 4.79 Å². The van der Waals surface area contributed by atoms with Gasteiger partial charge in [0, 0.05) is 15.7 Å². The molecule has 0 unspecified atom stereocenters. The first-order chi connectivity index (χ1) is 18.5. The number of rotatable bonds is 13. The summed E-state index contributed by atoms with van der Waals surface area (Å²) in [4.78, 5) is 18.1. The number of amidine groups is 2. The molecule has 2 aromatic carbocycles. The van der Waals surface area contributed by atoms with Crippen LogP contribution in [-0.4, -0.2) is 46.4 Å². The first-order valence-corrected chi connectivity index (χ1v) is 14.8. The van der Waals surface area contributed by atoms with Gasteiger partial charge >= 0.3 is 0 Å². The number of benzene rings is 2. The van der Waals surface area contributed by atoms with Gasteiger partial charge in [-0.25, -0.2) is 0 Å². The molecule has 0 fully saturated rings. The highest BCUT2D eigenvalue weighted by atomic mass is 35.5. The van der Waals surface area contributed by atoms with Gasteiger partial charge in [0.2, 0.25) is 5.17 Å². The number of methoxy groups -OCH3 is 1. The third-order valence-electron chi connectivity index (χ3n) is 5.91. The second-order valence-electron chi connectivity index (χ2n) is 8.74. The third-order valence-corrected chi connectivity index (χ3v) is 8.11. The zero-order chi connectivity index (χ0) is 26.9. The van der Waals surface area contributed by atoms with E-state index in [1.807, 2.05) is 36.4 Å². The van der Waals surface area contributed by atoms with Crippen LogP contribution < -0.4 is 9.47 Å². The van der Waals surface area contributed by atoms with Gasteiger partial charge in [-0.3, -0.25) is 10.2 Å². The molecule has 200 valence electrons. The summed E-state index contributed by atoms with van der Waals surface area (Å²) in [5.41, 5.74) is 0.904. The fraction of sp³-hybridized carbons (Fsp3) is 0.357. The lowest BCUT2D eigenvalue weighted by Crippen LogP contribution is -2.35. The van der Waals surface area contributed by atoms with Crippen molar-refractivity contribution in [3.05, 3.63) is 58.6 Å². The van der Waals surface area contributed by atoms with E-state index in [0.717, 1.165) is 35.0 Å². The van der Waals surface area contributed by atoms with Crippen LogP contribution in [0.15, 0.2) is 63.0 Å². The van der Waals surface area contributed by atoms with Crippen LogP contribution in [0.25, 0.3) is 6.08 Å².